The van der Waals surface area contributed by atoms with Crippen molar-refractivity contribution in [2.75, 3.05) is 0 Å². The van der Waals surface area contributed by atoms with Gasteiger partial charge in [-0.25, -0.2) is 4.39 Å². The van der Waals surface area contributed by atoms with Crippen LogP contribution in [0.3, 0.4) is 0 Å². The maximum absolute atomic E-state index is 13.8. The highest BCUT2D eigenvalue weighted by Gasteiger charge is 2.30. The van der Waals surface area contributed by atoms with Gasteiger partial charge in [0.25, 0.3) is 5.91 Å². The highest BCUT2D eigenvalue weighted by Crippen LogP contribution is 2.30. The van der Waals surface area contributed by atoms with Crippen LogP contribution in [0.5, 0.6) is 0 Å². The van der Waals surface area contributed by atoms with Gasteiger partial charge in [0.15, 0.2) is 11.5 Å². The molecule has 0 radical (unpaired) electrons. The van der Waals surface area contributed by atoms with Crippen molar-refractivity contribution in [3.8, 4) is 0 Å². The van der Waals surface area contributed by atoms with Gasteiger partial charge in [-0.1, -0.05) is 17.7 Å². The summed E-state index contributed by atoms with van der Waals surface area (Å²) in [5.74, 6) is -2.16. The molecule has 0 aliphatic heterocycles. The van der Waals surface area contributed by atoms with Crippen LogP contribution in [0.15, 0.2) is 22.6 Å². The smallest absolute Gasteiger partial charge is 0.305 e. The van der Waals surface area contributed by atoms with Gasteiger partial charge in [0.2, 0.25) is 0 Å². The zero-order valence-corrected chi connectivity index (χ0v) is 15.2. The molecule has 1 heterocycles. The first-order valence-electron chi connectivity index (χ1n) is 8.41. The van der Waals surface area contributed by atoms with E-state index in [0.717, 1.165) is 6.07 Å². The normalized spacial score (nSPS) is 14.6. The molecule has 0 saturated heterocycles. The number of hydrogen-bond acceptors (Lipinski definition) is 4. The van der Waals surface area contributed by atoms with Gasteiger partial charge in [0.05, 0.1) is 23.0 Å². The average Bonchev–Trinajstić information content (AvgIpc) is 2.94. The van der Waals surface area contributed by atoms with Crippen LogP contribution < -0.4 is 5.32 Å². The van der Waals surface area contributed by atoms with Gasteiger partial charge in [0, 0.05) is 18.4 Å². The monoisotopic (exact) mass is 393 g/mol. The first-order valence-corrected chi connectivity index (χ1v) is 8.78. The van der Waals surface area contributed by atoms with Gasteiger partial charge in [-0.3, -0.25) is 14.4 Å². The van der Waals surface area contributed by atoms with E-state index >= 15 is 0 Å². The van der Waals surface area contributed by atoms with Crippen molar-refractivity contribution < 1.29 is 28.3 Å². The third kappa shape index (κ3) is 3.88. The van der Waals surface area contributed by atoms with Crippen LogP contribution in [-0.4, -0.2) is 22.8 Å². The molecule has 142 valence electrons. The summed E-state index contributed by atoms with van der Waals surface area (Å²) in [5.41, 5.74) is 1.12. The van der Waals surface area contributed by atoms with Crippen molar-refractivity contribution in [3.63, 3.8) is 0 Å². The zero-order chi connectivity index (χ0) is 19.7. The fourth-order valence-corrected chi connectivity index (χ4v) is 3.36. The van der Waals surface area contributed by atoms with Crippen molar-refractivity contribution in [1.82, 2.24) is 5.32 Å². The molecule has 8 heteroatoms. The SMILES string of the molecule is Cc1c(C(=O)NC(CC(=O)O)c2ccc(Cl)c(F)c2)oc2c1C(=O)CCC2. The molecule has 1 unspecified atom stereocenters. The Morgan fingerprint density at radius 1 is 1.37 bits per heavy atom. The van der Waals surface area contributed by atoms with E-state index < -0.39 is 30.2 Å². The number of ketones is 1. The second-order valence-corrected chi connectivity index (χ2v) is 6.84. The van der Waals surface area contributed by atoms with Crippen molar-refractivity contribution in [3.05, 3.63) is 57.2 Å². The largest absolute Gasteiger partial charge is 0.481 e. The number of furan rings is 1. The van der Waals surface area contributed by atoms with Crippen LogP contribution in [0, 0.1) is 12.7 Å². The lowest BCUT2D eigenvalue weighted by Gasteiger charge is -2.17. The number of carboxylic acid groups (broad SMARTS) is 1. The number of amides is 1. The zero-order valence-electron chi connectivity index (χ0n) is 14.5. The predicted molar refractivity (Wildman–Crippen MR) is 94.6 cm³/mol. The fraction of sp³-hybridized carbons (Fsp3) is 0.316. The highest BCUT2D eigenvalue weighted by atomic mass is 35.5. The Kier molecular flexibility index (Phi) is 5.32. The Morgan fingerprint density at radius 3 is 2.74 bits per heavy atom. The molecule has 0 fully saturated rings. The fourth-order valence-electron chi connectivity index (χ4n) is 3.25. The van der Waals surface area contributed by atoms with Crippen molar-refractivity contribution in [1.29, 1.82) is 0 Å². The van der Waals surface area contributed by atoms with E-state index in [-0.39, 0.29) is 22.1 Å². The maximum Gasteiger partial charge on any atom is 0.305 e. The first-order chi connectivity index (χ1) is 12.8. The number of carbonyl (C=O) groups excluding carboxylic acids is 2. The summed E-state index contributed by atoms with van der Waals surface area (Å²) in [6, 6.07) is 2.84. The van der Waals surface area contributed by atoms with Crippen molar-refractivity contribution in [2.24, 2.45) is 0 Å². The van der Waals surface area contributed by atoms with Crippen molar-refractivity contribution in [2.45, 2.75) is 38.6 Å². The number of Topliss-reactive ketones (excluding diaryl/α,β-unsaturated/α-hetero) is 1. The van der Waals surface area contributed by atoms with Crippen LogP contribution in [0.2, 0.25) is 5.02 Å². The van der Waals surface area contributed by atoms with Crippen LogP contribution >= 0.6 is 11.6 Å². The van der Waals surface area contributed by atoms with Gasteiger partial charge < -0.3 is 14.8 Å². The molecule has 6 nitrogen and oxygen atoms in total. The molecule has 1 aromatic heterocycles. The number of aliphatic carboxylic acids is 1. The maximum atomic E-state index is 13.8. The van der Waals surface area contributed by atoms with Gasteiger partial charge >= 0.3 is 5.97 Å². The van der Waals surface area contributed by atoms with E-state index in [1.54, 1.807) is 6.92 Å². The lowest BCUT2D eigenvalue weighted by Crippen LogP contribution is -2.30. The number of hydrogen-bond donors (Lipinski definition) is 2. The van der Waals surface area contributed by atoms with E-state index in [4.69, 9.17) is 21.1 Å². The molecule has 2 aromatic rings. The Bertz CT molecular complexity index is 936. The van der Waals surface area contributed by atoms with Crippen LogP contribution in [0.1, 0.15) is 63.1 Å². The number of fused-ring (bicyclic) bond motifs is 1. The minimum Gasteiger partial charge on any atom is -0.481 e. The molecule has 3 rings (SSSR count). The first kappa shape index (κ1) is 19.1. The topological polar surface area (TPSA) is 96.6 Å². The van der Waals surface area contributed by atoms with Gasteiger partial charge in [-0.2, -0.15) is 0 Å². The molecular weight excluding hydrogens is 377 g/mol. The van der Waals surface area contributed by atoms with Crippen molar-refractivity contribution >= 4 is 29.3 Å². The summed E-state index contributed by atoms with van der Waals surface area (Å²) in [5, 5.41) is 11.6. The molecule has 2 N–H and O–H groups in total. The number of nitrogens with one attached hydrogen (secondary N) is 1. The number of carboxylic acids is 1. The lowest BCUT2D eigenvalue weighted by atomic mass is 9.94. The third-order valence-electron chi connectivity index (χ3n) is 4.54. The van der Waals surface area contributed by atoms with E-state index in [2.05, 4.69) is 5.32 Å². The Morgan fingerprint density at radius 2 is 2.11 bits per heavy atom. The third-order valence-corrected chi connectivity index (χ3v) is 4.85. The molecule has 27 heavy (non-hydrogen) atoms. The van der Waals surface area contributed by atoms with E-state index in [1.807, 2.05) is 0 Å². The number of benzene rings is 1. The second kappa shape index (κ2) is 7.52. The molecule has 1 aliphatic rings. The predicted octanol–water partition coefficient (Wildman–Crippen LogP) is 3.85. The molecule has 0 bridgehead atoms. The summed E-state index contributed by atoms with van der Waals surface area (Å²) in [4.78, 5) is 35.9. The lowest BCUT2D eigenvalue weighted by molar-refractivity contribution is -0.137. The Labute approximate surface area is 159 Å². The number of aryl methyl sites for hydroxylation is 1. The number of rotatable bonds is 5. The summed E-state index contributed by atoms with van der Waals surface area (Å²) < 4.78 is 19.3. The summed E-state index contributed by atoms with van der Waals surface area (Å²) in [6.07, 6.45) is 1.17. The van der Waals surface area contributed by atoms with E-state index in [9.17, 15) is 18.8 Å². The molecule has 1 aliphatic carbocycles. The van der Waals surface area contributed by atoms with Crippen LogP contribution in [-0.2, 0) is 11.2 Å². The summed E-state index contributed by atoms with van der Waals surface area (Å²) in [6.45, 7) is 1.62. The molecule has 1 atom stereocenters. The van der Waals surface area contributed by atoms with Gasteiger partial charge in [-0.15, -0.1) is 0 Å². The van der Waals surface area contributed by atoms with E-state index in [0.29, 0.717) is 36.1 Å². The highest BCUT2D eigenvalue weighted by molar-refractivity contribution is 6.30. The second-order valence-electron chi connectivity index (χ2n) is 6.43. The minimum absolute atomic E-state index is 0.0277. The Balaban J connectivity index is 1.90. The molecule has 0 spiro atoms. The van der Waals surface area contributed by atoms with Crippen LogP contribution in [0.4, 0.5) is 4.39 Å². The summed E-state index contributed by atoms with van der Waals surface area (Å²) >= 11 is 5.66. The standard InChI is InChI=1S/C19H17ClFNO5/c1-9-17-14(23)3-2-4-15(17)27-18(9)19(26)22-13(8-16(24)25)10-5-6-11(20)12(21)7-10/h5-7,13H,2-4,8H2,1H3,(H,22,26)(H,24,25). The number of carbonyl (C=O) groups is 3. The summed E-state index contributed by atoms with van der Waals surface area (Å²) in [7, 11) is 0. The number of halogens is 2. The molecule has 0 saturated carbocycles. The molecule has 1 amide bonds. The molecular formula is C19H17ClFNO5. The van der Waals surface area contributed by atoms with Gasteiger partial charge in [-0.05, 0) is 31.0 Å². The quantitative estimate of drug-likeness (QED) is 0.804. The molecule has 1 aromatic carbocycles. The Hall–Kier alpha value is -2.67. The van der Waals surface area contributed by atoms with Crippen LogP contribution in [0.25, 0.3) is 0 Å². The average molecular weight is 394 g/mol. The van der Waals surface area contributed by atoms with Gasteiger partial charge in [0.1, 0.15) is 11.6 Å². The van der Waals surface area contributed by atoms with E-state index in [1.165, 1.54) is 12.1 Å². The minimum atomic E-state index is -1.17.